The molecule has 0 unspecified atom stereocenters. The Morgan fingerprint density at radius 2 is 1.80 bits per heavy atom. The number of ether oxygens (including phenoxy) is 2. The summed E-state index contributed by atoms with van der Waals surface area (Å²) in [7, 11) is 2.56. The molecule has 1 rings (SSSR count). The van der Waals surface area contributed by atoms with Crippen LogP contribution in [0.3, 0.4) is 0 Å². The highest BCUT2D eigenvalue weighted by atomic mass is 16.5. The third kappa shape index (κ3) is 2.03. The Hall–Kier alpha value is -1.32. The normalized spacial score (nSPS) is 19.5. The van der Waals surface area contributed by atoms with E-state index in [1.165, 1.54) is 14.2 Å². The van der Waals surface area contributed by atoms with Gasteiger partial charge < -0.3 is 9.47 Å². The van der Waals surface area contributed by atoms with Crippen LogP contribution in [0.25, 0.3) is 0 Å². The van der Waals surface area contributed by atoms with E-state index in [-0.39, 0.29) is 0 Å². The van der Waals surface area contributed by atoms with Crippen LogP contribution in [0, 0.1) is 5.41 Å². The quantitative estimate of drug-likeness (QED) is 0.395. The van der Waals surface area contributed by atoms with Crippen molar-refractivity contribution in [2.45, 2.75) is 25.7 Å². The van der Waals surface area contributed by atoms with Crippen LogP contribution in [0.2, 0.25) is 0 Å². The van der Waals surface area contributed by atoms with Crippen LogP contribution in [0.5, 0.6) is 0 Å². The van der Waals surface area contributed by atoms with Crippen molar-refractivity contribution in [1.29, 1.82) is 0 Å². The van der Waals surface area contributed by atoms with Gasteiger partial charge >= 0.3 is 11.9 Å². The highest BCUT2D eigenvalue weighted by Gasteiger charge is 2.49. The molecule has 4 nitrogen and oxygen atoms in total. The van der Waals surface area contributed by atoms with Crippen LogP contribution in [0.1, 0.15) is 25.7 Å². The van der Waals surface area contributed by atoms with Gasteiger partial charge in [-0.25, -0.2) is 0 Å². The molecule has 0 aromatic heterocycles. The van der Waals surface area contributed by atoms with Gasteiger partial charge in [-0.3, -0.25) is 9.59 Å². The number of allylic oxidation sites excluding steroid dienone is 1. The molecule has 0 atom stereocenters. The van der Waals surface area contributed by atoms with Gasteiger partial charge in [-0.15, -0.1) is 0 Å². The van der Waals surface area contributed by atoms with E-state index in [1.54, 1.807) is 0 Å². The lowest BCUT2D eigenvalue weighted by Crippen LogP contribution is -2.43. The minimum atomic E-state index is -1.15. The van der Waals surface area contributed by atoms with E-state index in [4.69, 9.17) is 0 Å². The second-order valence-corrected chi connectivity index (χ2v) is 3.85. The summed E-state index contributed by atoms with van der Waals surface area (Å²) < 4.78 is 9.37. The van der Waals surface area contributed by atoms with Gasteiger partial charge in [0.05, 0.1) is 14.2 Å². The van der Waals surface area contributed by atoms with Crippen LogP contribution in [-0.4, -0.2) is 26.2 Å². The summed E-state index contributed by atoms with van der Waals surface area (Å²) in [6.07, 6.45) is 2.44. The van der Waals surface area contributed by atoms with Gasteiger partial charge in [-0.1, -0.05) is 12.2 Å². The lowest BCUT2D eigenvalue weighted by atomic mass is 9.72. The number of esters is 2. The highest BCUT2D eigenvalue weighted by Crippen LogP contribution is 2.40. The molecule has 0 N–H and O–H groups in total. The molecule has 0 saturated heterocycles. The van der Waals surface area contributed by atoms with E-state index < -0.39 is 17.4 Å². The smallest absolute Gasteiger partial charge is 0.323 e. The zero-order chi connectivity index (χ0) is 11.5. The van der Waals surface area contributed by atoms with Gasteiger partial charge in [0.15, 0.2) is 5.41 Å². The molecule has 0 amide bonds. The zero-order valence-electron chi connectivity index (χ0n) is 9.17. The highest BCUT2D eigenvalue weighted by molar-refractivity contribution is 6.00. The average Bonchev–Trinajstić information content (AvgIpc) is 2.26. The van der Waals surface area contributed by atoms with Crippen molar-refractivity contribution >= 4 is 11.9 Å². The van der Waals surface area contributed by atoms with E-state index in [9.17, 15) is 9.59 Å². The molecule has 0 aliphatic heterocycles. The molecule has 1 saturated carbocycles. The van der Waals surface area contributed by atoms with Crippen LogP contribution in [-0.2, 0) is 19.1 Å². The summed E-state index contributed by atoms with van der Waals surface area (Å²) in [6, 6.07) is 0. The summed E-state index contributed by atoms with van der Waals surface area (Å²) in [5.41, 5.74) is -0.254. The first-order valence-corrected chi connectivity index (χ1v) is 4.90. The van der Waals surface area contributed by atoms with E-state index in [1.807, 2.05) is 0 Å². The van der Waals surface area contributed by atoms with E-state index in [2.05, 4.69) is 16.1 Å². The molecule has 1 aliphatic rings. The Balaban J connectivity index is 2.99. The summed E-state index contributed by atoms with van der Waals surface area (Å²) >= 11 is 0. The fourth-order valence-corrected chi connectivity index (χ4v) is 2.07. The van der Waals surface area contributed by atoms with Crippen LogP contribution in [0.4, 0.5) is 0 Å². The molecule has 84 valence electrons. The van der Waals surface area contributed by atoms with Gasteiger partial charge in [0.1, 0.15) is 0 Å². The Labute approximate surface area is 89.2 Å². The zero-order valence-corrected chi connectivity index (χ0v) is 9.17. The van der Waals surface area contributed by atoms with Crippen molar-refractivity contribution in [3.05, 3.63) is 12.2 Å². The van der Waals surface area contributed by atoms with Gasteiger partial charge in [-0.05, 0) is 25.7 Å². The van der Waals surface area contributed by atoms with Gasteiger partial charge in [0.25, 0.3) is 0 Å². The Bertz CT molecular complexity index is 277. The van der Waals surface area contributed by atoms with E-state index in [0.29, 0.717) is 12.8 Å². The third-order valence-corrected chi connectivity index (χ3v) is 2.84. The van der Waals surface area contributed by atoms with Crippen molar-refractivity contribution in [3.8, 4) is 0 Å². The fourth-order valence-electron chi connectivity index (χ4n) is 2.07. The van der Waals surface area contributed by atoms with Gasteiger partial charge in [0, 0.05) is 0 Å². The standard InChI is InChI=1S/C11H16O4/c1-8-5-4-6-11(7-8,9(12)14-2)10(13)15-3/h1,4-7H2,2-3H3. The van der Waals surface area contributed by atoms with E-state index in [0.717, 1.165) is 18.4 Å². The van der Waals surface area contributed by atoms with Crippen LogP contribution >= 0.6 is 0 Å². The number of carbonyl (C=O) groups excluding carboxylic acids is 2. The van der Waals surface area contributed by atoms with Crippen LogP contribution < -0.4 is 0 Å². The fraction of sp³-hybridized carbons (Fsp3) is 0.636. The first-order valence-electron chi connectivity index (χ1n) is 4.90. The van der Waals surface area contributed by atoms with Crippen molar-refractivity contribution in [2.24, 2.45) is 5.41 Å². The molecule has 4 heteroatoms. The van der Waals surface area contributed by atoms with Gasteiger partial charge in [-0.2, -0.15) is 0 Å². The Morgan fingerprint density at radius 3 is 2.20 bits per heavy atom. The molecule has 0 aromatic rings. The predicted octanol–water partition coefficient (Wildman–Crippen LogP) is 1.45. The lowest BCUT2D eigenvalue weighted by Gasteiger charge is -2.32. The monoisotopic (exact) mass is 212 g/mol. The molecule has 0 aromatic carbocycles. The number of carbonyl (C=O) groups is 2. The number of hydrogen-bond acceptors (Lipinski definition) is 4. The van der Waals surface area contributed by atoms with Crippen molar-refractivity contribution in [3.63, 3.8) is 0 Å². The first-order chi connectivity index (χ1) is 7.06. The summed E-state index contributed by atoms with van der Waals surface area (Å²) in [5.74, 6) is -1.04. The summed E-state index contributed by atoms with van der Waals surface area (Å²) in [6.45, 7) is 3.83. The van der Waals surface area contributed by atoms with Crippen LogP contribution in [0.15, 0.2) is 12.2 Å². The van der Waals surface area contributed by atoms with Gasteiger partial charge in [0.2, 0.25) is 0 Å². The molecule has 15 heavy (non-hydrogen) atoms. The number of hydrogen-bond donors (Lipinski definition) is 0. The second-order valence-electron chi connectivity index (χ2n) is 3.85. The maximum absolute atomic E-state index is 11.7. The number of rotatable bonds is 2. The number of methoxy groups -OCH3 is 2. The van der Waals surface area contributed by atoms with Crippen molar-refractivity contribution in [2.75, 3.05) is 14.2 Å². The lowest BCUT2D eigenvalue weighted by molar-refractivity contribution is -0.170. The molecule has 0 radical (unpaired) electrons. The Kier molecular flexibility index (Phi) is 3.50. The molecule has 0 heterocycles. The maximum atomic E-state index is 11.7. The minimum Gasteiger partial charge on any atom is -0.468 e. The van der Waals surface area contributed by atoms with Crippen molar-refractivity contribution < 1.29 is 19.1 Å². The summed E-state index contributed by atoms with van der Waals surface area (Å²) in [4.78, 5) is 23.3. The molecule has 0 spiro atoms. The predicted molar refractivity (Wildman–Crippen MR) is 54.1 cm³/mol. The second kappa shape index (κ2) is 4.47. The SMILES string of the molecule is C=C1CCCC(C(=O)OC)(C(=O)OC)C1. The minimum absolute atomic E-state index is 0.340. The van der Waals surface area contributed by atoms with E-state index >= 15 is 0 Å². The maximum Gasteiger partial charge on any atom is 0.323 e. The Morgan fingerprint density at radius 1 is 1.27 bits per heavy atom. The first kappa shape index (κ1) is 11.8. The molecule has 1 fully saturated rings. The summed E-state index contributed by atoms with van der Waals surface area (Å²) in [5, 5.41) is 0. The third-order valence-electron chi connectivity index (χ3n) is 2.84. The topological polar surface area (TPSA) is 52.6 Å². The largest absolute Gasteiger partial charge is 0.468 e. The van der Waals surface area contributed by atoms with Crippen molar-refractivity contribution in [1.82, 2.24) is 0 Å². The average molecular weight is 212 g/mol. The molecular weight excluding hydrogens is 196 g/mol. The molecule has 1 aliphatic carbocycles. The molecular formula is C11H16O4. The molecule has 0 bridgehead atoms.